The number of rotatable bonds is 11. The molecule has 8 aromatic rings. The standard InChI is InChI=1S/C48H37NO6/c1-32(50)53-29-30-54-48(51)55-42-25-17-35(18-26-42)44(34-15-23-41(52-2)24-16-34)31-33-11-21-40(22-12-33)49(39-9-4-3-5-10-39)45-28-20-38-14-13-36-7-6-8-37-19-27-43(45)47(38)46(36)37/h3-28,31H,29-30H2,1-2H3. The fourth-order valence-corrected chi connectivity index (χ4v) is 7.05. The van der Waals surface area contributed by atoms with Crippen molar-refractivity contribution in [3.05, 3.63) is 174 Å². The van der Waals surface area contributed by atoms with Crippen molar-refractivity contribution in [1.82, 2.24) is 0 Å². The number of esters is 1. The monoisotopic (exact) mass is 723 g/mol. The molecule has 0 N–H and O–H groups in total. The van der Waals surface area contributed by atoms with Gasteiger partial charge in [0.05, 0.1) is 12.8 Å². The van der Waals surface area contributed by atoms with Crippen LogP contribution in [0, 0.1) is 0 Å². The summed E-state index contributed by atoms with van der Waals surface area (Å²) in [5, 5.41) is 7.44. The third-order valence-corrected chi connectivity index (χ3v) is 9.60. The van der Waals surface area contributed by atoms with Crippen LogP contribution >= 0.6 is 0 Å². The minimum atomic E-state index is -0.877. The lowest BCUT2D eigenvalue weighted by atomic mass is 9.93. The molecule has 0 aliphatic carbocycles. The van der Waals surface area contributed by atoms with Crippen LogP contribution in [0.1, 0.15) is 23.6 Å². The second-order valence-electron chi connectivity index (χ2n) is 13.1. The second kappa shape index (κ2) is 15.5. The van der Waals surface area contributed by atoms with Gasteiger partial charge in [0.2, 0.25) is 0 Å². The van der Waals surface area contributed by atoms with E-state index >= 15 is 0 Å². The van der Waals surface area contributed by atoms with E-state index in [1.807, 2.05) is 42.5 Å². The molecule has 7 heteroatoms. The van der Waals surface area contributed by atoms with Crippen LogP contribution in [0.2, 0.25) is 0 Å². The van der Waals surface area contributed by atoms with E-state index in [0.29, 0.717) is 5.75 Å². The van der Waals surface area contributed by atoms with Crippen LogP contribution in [0.3, 0.4) is 0 Å². The van der Waals surface area contributed by atoms with Gasteiger partial charge in [-0.3, -0.25) is 4.79 Å². The first-order chi connectivity index (χ1) is 26.9. The Balaban J connectivity index is 1.14. The summed E-state index contributed by atoms with van der Waals surface area (Å²) in [6.07, 6.45) is 1.27. The molecule has 55 heavy (non-hydrogen) atoms. The number of hydrogen-bond donors (Lipinski definition) is 0. The van der Waals surface area contributed by atoms with Gasteiger partial charge in [-0.05, 0) is 110 Å². The van der Waals surface area contributed by atoms with Gasteiger partial charge in [0.15, 0.2) is 0 Å². The van der Waals surface area contributed by atoms with Crippen LogP contribution in [0.5, 0.6) is 11.5 Å². The van der Waals surface area contributed by atoms with E-state index in [0.717, 1.165) is 45.1 Å². The van der Waals surface area contributed by atoms with Crippen molar-refractivity contribution in [2.45, 2.75) is 6.92 Å². The predicted molar refractivity (Wildman–Crippen MR) is 220 cm³/mol. The van der Waals surface area contributed by atoms with Crippen molar-refractivity contribution in [2.24, 2.45) is 0 Å². The molecule has 0 aromatic heterocycles. The van der Waals surface area contributed by atoms with Crippen molar-refractivity contribution >= 4 is 73.2 Å². The van der Waals surface area contributed by atoms with E-state index in [2.05, 4.69) is 114 Å². The summed E-state index contributed by atoms with van der Waals surface area (Å²) in [4.78, 5) is 25.5. The predicted octanol–water partition coefficient (Wildman–Crippen LogP) is 11.7. The van der Waals surface area contributed by atoms with Gasteiger partial charge < -0.3 is 23.8 Å². The summed E-state index contributed by atoms with van der Waals surface area (Å²) in [5.74, 6) is 0.641. The van der Waals surface area contributed by atoms with Crippen molar-refractivity contribution in [2.75, 3.05) is 25.2 Å². The Morgan fingerprint density at radius 3 is 1.80 bits per heavy atom. The fourth-order valence-electron chi connectivity index (χ4n) is 7.05. The molecule has 0 unspecified atom stereocenters. The second-order valence-corrected chi connectivity index (χ2v) is 13.1. The average molecular weight is 724 g/mol. The maximum absolute atomic E-state index is 12.2. The van der Waals surface area contributed by atoms with E-state index < -0.39 is 12.1 Å². The molecule has 7 nitrogen and oxygen atoms in total. The zero-order valence-corrected chi connectivity index (χ0v) is 30.4. The highest BCUT2D eigenvalue weighted by molar-refractivity contribution is 6.25. The van der Waals surface area contributed by atoms with Gasteiger partial charge in [-0.25, -0.2) is 4.79 Å². The van der Waals surface area contributed by atoms with Crippen molar-refractivity contribution in [1.29, 1.82) is 0 Å². The lowest BCUT2D eigenvalue weighted by Crippen LogP contribution is -2.15. The van der Waals surface area contributed by atoms with E-state index in [4.69, 9.17) is 18.9 Å². The van der Waals surface area contributed by atoms with Crippen molar-refractivity contribution < 1.29 is 28.5 Å². The van der Waals surface area contributed by atoms with Crippen LogP contribution in [0.4, 0.5) is 21.9 Å². The summed E-state index contributed by atoms with van der Waals surface area (Å²) in [6.45, 7) is 1.16. The minimum absolute atomic E-state index is 0.0370. The molecule has 8 rings (SSSR count). The van der Waals surface area contributed by atoms with Gasteiger partial charge in [0.25, 0.3) is 0 Å². The molecule has 0 saturated heterocycles. The first kappa shape index (κ1) is 34.9. The number of carbonyl (C=O) groups excluding carboxylic acids is 2. The Morgan fingerprint density at radius 1 is 0.564 bits per heavy atom. The average Bonchev–Trinajstić information content (AvgIpc) is 3.22. The molecule has 8 aromatic carbocycles. The summed E-state index contributed by atoms with van der Waals surface area (Å²) < 4.78 is 20.6. The van der Waals surface area contributed by atoms with E-state index in [1.165, 1.54) is 39.2 Å². The van der Waals surface area contributed by atoms with Crippen LogP contribution in [0.25, 0.3) is 44.0 Å². The van der Waals surface area contributed by atoms with Gasteiger partial charge in [-0.15, -0.1) is 0 Å². The summed E-state index contributed by atoms with van der Waals surface area (Å²) in [6, 6.07) is 54.0. The largest absolute Gasteiger partial charge is 0.513 e. The molecule has 0 saturated carbocycles. The number of methoxy groups -OCH3 is 1. The van der Waals surface area contributed by atoms with Crippen LogP contribution in [-0.2, 0) is 14.3 Å². The van der Waals surface area contributed by atoms with E-state index in [-0.39, 0.29) is 13.2 Å². The third kappa shape index (κ3) is 7.41. The number of para-hydroxylation sites is 1. The van der Waals surface area contributed by atoms with E-state index in [1.54, 1.807) is 19.2 Å². The zero-order valence-electron chi connectivity index (χ0n) is 30.4. The molecule has 0 aliphatic heterocycles. The molecule has 0 spiro atoms. The first-order valence-electron chi connectivity index (χ1n) is 18.0. The van der Waals surface area contributed by atoms with Gasteiger partial charge >= 0.3 is 12.1 Å². The number of nitrogens with zero attached hydrogens (tertiary/aromatic N) is 1. The third-order valence-electron chi connectivity index (χ3n) is 9.60. The SMILES string of the molecule is COc1ccc(C(=Cc2ccc(N(c3ccccc3)c3ccc4ccc5cccc6ccc3c4c56)cc2)c2ccc(OC(=O)OCCOC(C)=O)cc2)cc1. The zero-order chi connectivity index (χ0) is 37.7. The molecule has 0 heterocycles. The summed E-state index contributed by atoms with van der Waals surface area (Å²) in [7, 11) is 1.65. The van der Waals surface area contributed by atoms with Gasteiger partial charge in [0, 0.05) is 23.7 Å². The Kier molecular flexibility index (Phi) is 9.82. The Labute approximate surface area is 318 Å². The van der Waals surface area contributed by atoms with Crippen LogP contribution in [0.15, 0.2) is 158 Å². The molecule has 0 amide bonds. The minimum Gasteiger partial charge on any atom is -0.497 e. The topological polar surface area (TPSA) is 74.3 Å². The quantitative estimate of drug-likeness (QED) is 0.0432. The number of ether oxygens (including phenoxy) is 4. The highest BCUT2D eigenvalue weighted by Gasteiger charge is 2.18. The lowest BCUT2D eigenvalue weighted by molar-refractivity contribution is -0.142. The van der Waals surface area contributed by atoms with Crippen molar-refractivity contribution in [3.8, 4) is 11.5 Å². The lowest BCUT2D eigenvalue weighted by Gasteiger charge is -2.27. The normalized spacial score (nSPS) is 11.5. The number of anilines is 3. The smallest absolute Gasteiger partial charge is 0.497 e. The molecule has 0 fully saturated rings. The van der Waals surface area contributed by atoms with Crippen LogP contribution < -0.4 is 14.4 Å². The highest BCUT2D eigenvalue weighted by atomic mass is 16.7. The number of benzene rings is 8. The summed E-state index contributed by atoms with van der Waals surface area (Å²) in [5.41, 5.74) is 7.09. The number of carbonyl (C=O) groups is 2. The Hall–Kier alpha value is -7.12. The van der Waals surface area contributed by atoms with E-state index in [9.17, 15) is 9.59 Å². The maximum atomic E-state index is 12.2. The van der Waals surface area contributed by atoms with Gasteiger partial charge in [-0.2, -0.15) is 0 Å². The molecule has 0 atom stereocenters. The highest BCUT2D eigenvalue weighted by Crippen LogP contribution is 2.44. The van der Waals surface area contributed by atoms with Crippen LogP contribution in [-0.4, -0.2) is 32.4 Å². The molecule has 0 bridgehead atoms. The van der Waals surface area contributed by atoms with Gasteiger partial charge in [0.1, 0.15) is 24.7 Å². The number of hydrogen-bond acceptors (Lipinski definition) is 7. The Morgan fingerprint density at radius 2 is 1.15 bits per heavy atom. The molecule has 0 aliphatic rings. The summed E-state index contributed by atoms with van der Waals surface area (Å²) >= 11 is 0. The molecule has 270 valence electrons. The maximum Gasteiger partial charge on any atom is 0.513 e. The fraction of sp³-hybridized carbons (Fsp3) is 0.0833. The molecular formula is C48H37NO6. The first-order valence-corrected chi connectivity index (χ1v) is 18.0. The molecular weight excluding hydrogens is 687 g/mol. The Bertz CT molecular complexity index is 2620. The van der Waals surface area contributed by atoms with Crippen molar-refractivity contribution in [3.63, 3.8) is 0 Å². The molecule has 0 radical (unpaired) electrons. The van der Waals surface area contributed by atoms with Gasteiger partial charge in [-0.1, -0.05) is 103 Å².